The van der Waals surface area contributed by atoms with Gasteiger partial charge in [0.05, 0.1) is 60.8 Å². The van der Waals surface area contributed by atoms with Gasteiger partial charge in [-0.15, -0.1) is 0 Å². The predicted molar refractivity (Wildman–Crippen MR) is 450 cm³/mol. The van der Waals surface area contributed by atoms with Crippen LogP contribution < -0.4 is 4.74 Å². The van der Waals surface area contributed by atoms with Crippen LogP contribution in [-0.4, -0.2) is 111 Å². The van der Waals surface area contributed by atoms with E-state index in [2.05, 4.69) is 295 Å². The van der Waals surface area contributed by atoms with Crippen molar-refractivity contribution in [1.29, 1.82) is 0 Å². The summed E-state index contributed by atoms with van der Waals surface area (Å²) in [5, 5.41) is 67.1. The van der Waals surface area contributed by atoms with E-state index < -0.39 is 0 Å². The highest BCUT2D eigenvalue weighted by atomic mass is 16.5. The molecular formula is C89H127N17O5. The number of hydrogen-bond acceptors (Lipinski definition) is 14. The molecule has 13 rings (SSSR count). The van der Waals surface area contributed by atoms with Gasteiger partial charge in [0.25, 0.3) is 0 Å². The van der Waals surface area contributed by atoms with E-state index in [4.69, 9.17) is 13.9 Å². The molecule has 12 aromatic rings. The first-order valence-electron chi connectivity index (χ1n) is 38.2. The summed E-state index contributed by atoms with van der Waals surface area (Å²) in [6.45, 7) is 57.7. The number of nitrogens with zero attached hydrogens (tertiary/aromatic N) is 9. The summed E-state index contributed by atoms with van der Waals surface area (Å²) in [6.07, 6.45) is 10.1. The fourth-order valence-corrected chi connectivity index (χ4v) is 10.1. The fraction of sp³-hybridized carbons (Fsp3) is 0.461. The van der Waals surface area contributed by atoms with Crippen LogP contribution >= 0.6 is 0 Å². The van der Waals surface area contributed by atoms with Crippen molar-refractivity contribution in [2.45, 2.75) is 256 Å². The lowest BCUT2D eigenvalue weighted by Gasteiger charge is -2.14. The fourth-order valence-electron chi connectivity index (χ4n) is 10.1. The van der Waals surface area contributed by atoms with Crippen molar-refractivity contribution in [3.63, 3.8) is 0 Å². The van der Waals surface area contributed by atoms with E-state index in [1.807, 2.05) is 105 Å². The number of carbonyl (C=O) groups is 1. The molecule has 10 heterocycles. The summed E-state index contributed by atoms with van der Waals surface area (Å²) in [6, 6.07) is 41.8. The normalized spacial score (nSPS) is 12.5. The Morgan fingerprint density at radius 2 is 0.937 bits per heavy atom. The van der Waals surface area contributed by atoms with Gasteiger partial charge < -0.3 is 19.0 Å². The van der Waals surface area contributed by atoms with Crippen LogP contribution in [0.2, 0.25) is 0 Å². The topological polar surface area (TPSA) is 311 Å². The standard InChI is InChI=1S/C15H20N2O2.C13H16N2.C12H15N3.C11H14N2O.C10H16N2O2.2C10H16N2.C8H14N2/c1-15(2,3)14-8-13(16-17-14)11-5-10(9-18)6-12(7-11)19-4;1-13(2,3)12-9-11(14-15-12)10-7-5-4-6-8-10;1-12(2,3)11-8-10(14-15-11)9-6-4-5-7-13-9;1-11(2,3)10-7-8(12-13-10)9-5-4-6-14-9;1-5-14-9(13)7-6-8(12-11-7)10(2,3)4;1-10(2,3)9-6-8(11-12-9)7-4-5-7;1-5-6-8-7-9(12-11-8)10(2,3)4;1-6-5-7(10-9-6)8(2,3)4/h5-8,18H,9H2,1-4H3,(H,16,17);4-9H,1-3H3,(H,14,15);4-8H,1-3H3,(H,14,15);4-7H,1-3H3,(H,12,13);6H,5H2,1-4H3,(H,11,12);6-7H,4-5H2,1-3H3,(H,11,12);5-7H,1-4H3,(H,11,12);5H,1-4H3,(H,9,10)/b;;;;;;6-5+;. The first-order chi connectivity index (χ1) is 51.7. The highest BCUT2D eigenvalue weighted by Gasteiger charge is 2.28. The van der Waals surface area contributed by atoms with Crippen molar-refractivity contribution in [3.8, 4) is 51.1 Å². The Morgan fingerprint density at radius 3 is 1.35 bits per heavy atom. The van der Waals surface area contributed by atoms with Gasteiger partial charge in [-0.05, 0) is 136 Å². The van der Waals surface area contributed by atoms with Gasteiger partial charge in [-0.2, -0.15) is 40.8 Å². The smallest absolute Gasteiger partial charge is 0.358 e. The Kier molecular flexibility index (Phi) is 31.0. The number of pyridine rings is 1. The quantitative estimate of drug-likeness (QED) is 0.0575. The number of carbonyl (C=O) groups excluding carboxylic acids is 1. The number of rotatable bonds is 10. The molecule has 22 heteroatoms. The molecule has 0 spiro atoms. The van der Waals surface area contributed by atoms with Crippen LogP contribution in [0.25, 0.3) is 51.4 Å². The number of H-pyrrole nitrogens is 8. The summed E-state index contributed by atoms with van der Waals surface area (Å²) in [5.74, 6) is 1.94. The molecule has 2 aromatic carbocycles. The summed E-state index contributed by atoms with van der Waals surface area (Å²) in [7, 11) is 1.62. The van der Waals surface area contributed by atoms with Crippen molar-refractivity contribution in [2.24, 2.45) is 0 Å². The zero-order chi connectivity index (χ0) is 82.5. The molecule has 1 fully saturated rings. The number of furan rings is 1. The van der Waals surface area contributed by atoms with E-state index in [9.17, 15) is 9.90 Å². The molecule has 0 bridgehead atoms. The molecule has 0 saturated heterocycles. The van der Waals surface area contributed by atoms with E-state index in [0.717, 1.165) is 102 Å². The van der Waals surface area contributed by atoms with Crippen molar-refractivity contribution in [1.82, 2.24) is 86.6 Å². The zero-order valence-electron chi connectivity index (χ0n) is 71.4. The number of aliphatic hydroxyl groups is 1. The average Bonchev–Trinajstić information content (AvgIpc) is 1.70. The van der Waals surface area contributed by atoms with E-state index >= 15 is 0 Å². The highest BCUT2D eigenvalue weighted by molar-refractivity contribution is 5.87. The van der Waals surface area contributed by atoms with Gasteiger partial charge in [-0.1, -0.05) is 209 Å². The first-order valence-corrected chi connectivity index (χ1v) is 38.2. The minimum atomic E-state index is -0.376. The van der Waals surface area contributed by atoms with E-state index in [1.165, 1.54) is 35.6 Å². The number of benzene rings is 2. The Labute approximate surface area is 659 Å². The summed E-state index contributed by atoms with van der Waals surface area (Å²) in [4.78, 5) is 15.5. The molecule has 111 heavy (non-hydrogen) atoms. The summed E-state index contributed by atoms with van der Waals surface area (Å²) >= 11 is 0. The van der Waals surface area contributed by atoms with Crippen LogP contribution in [0.15, 0.2) is 150 Å². The van der Waals surface area contributed by atoms with Crippen LogP contribution in [0.3, 0.4) is 0 Å². The number of ether oxygens (including phenoxy) is 2. The molecule has 0 amide bonds. The van der Waals surface area contributed by atoms with Crippen LogP contribution in [0.5, 0.6) is 5.75 Å². The third kappa shape index (κ3) is 28.7. The molecule has 1 saturated carbocycles. The van der Waals surface area contributed by atoms with Gasteiger partial charge in [-0.3, -0.25) is 45.8 Å². The molecule has 1 aliphatic rings. The largest absolute Gasteiger partial charge is 0.497 e. The molecule has 0 aliphatic heterocycles. The number of aliphatic hydroxyl groups excluding tert-OH is 1. The van der Waals surface area contributed by atoms with Crippen LogP contribution in [0, 0.1) is 6.92 Å². The van der Waals surface area contributed by atoms with Crippen molar-refractivity contribution in [2.75, 3.05) is 13.7 Å². The number of hydrogen-bond donors (Lipinski definition) is 9. The Morgan fingerprint density at radius 1 is 0.468 bits per heavy atom. The maximum absolute atomic E-state index is 11.3. The predicted octanol–water partition coefficient (Wildman–Crippen LogP) is 21.2. The van der Waals surface area contributed by atoms with E-state index in [0.29, 0.717) is 12.3 Å². The van der Waals surface area contributed by atoms with Gasteiger partial charge in [-0.25, -0.2) is 4.79 Å². The second-order valence-corrected chi connectivity index (χ2v) is 36.0. The second-order valence-electron chi connectivity index (χ2n) is 36.0. The van der Waals surface area contributed by atoms with E-state index in [-0.39, 0.29) is 55.9 Å². The van der Waals surface area contributed by atoms with Crippen molar-refractivity contribution >= 4 is 12.0 Å². The van der Waals surface area contributed by atoms with Gasteiger partial charge in [0, 0.05) is 112 Å². The zero-order valence-corrected chi connectivity index (χ0v) is 71.4. The Balaban J connectivity index is 0.000000199. The maximum atomic E-state index is 11.3. The van der Waals surface area contributed by atoms with Crippen LogP contribution in [-0.2, 0) is 54.7 Å². The molecule has 0 radical (unpaired) electrons. The number of aryl methyl sites for hydroxylation is 1. The molecule has 0 atom stereocenters. The Bertz CT molecular complexity index is 4610. The number of methoxy groups -OCH3 is 1. The molecule has 0 unspecified atom stereocenters. The average molecular weight is 1520 g/mol. The minimum Gasteiger partial charge on any atom is -0.497 e. The summed E-state index contributed by atoms with van der Waals surface area (Å²) in [5.41, 5.74) is 21.0. The molecule has 1 aliphatic carbocycles. The van der Waals surface area contributed by atoms with Gasteiger partial charge in [0.1, 0.15) is 17.1 Å². The minimum absolute atomic E-state index is 0.0131. The van der Waals surface area contributed by atoms with Gasteiger partial charge in [0.15, 0.2) is 11.5 Å². The summed E-state index contributed by atoms with van der Waals surface area (Å²) < 4.78 is 15.3. The lowest BCUT2D eigenvalue weighted by molar-refractivity contribution is 0.0519. The lowest BCUT2D eigenvalue weighted by Crippen LogP contribution is -2.11. The lowest BCUT2D eigenvalue weighted by atomic mass is 9.92. The van der Waals surface area contributed by atoms with Crippen LogP contribution in [0.4, 0.5) is 0 Å². The number of aromatic nitrogens is 17. The molecular weight excluding hydrogens is 1390 g/mol. The van der Waals surface area contributed by atoms with Crippen LogP contribution in [0.1, 0.15) is 277 Å². The molecule has 10 aromatic heterocycles. The van der Waals surface area contributed by atoms with Gasteiger partial charge in [0.2, 0.25) is 0 Å². The maximum Gasteiger partial charge on any atom is 0.358 e. The number of nitrogens with one attached hydrogen (secondary N) is 8. The Hall–Kier alpha value is -10.5. The first kappa shape index (κ1) is 89.4. The number of aromatic amines is 8. The monoisotopic (exact) mass is 1510 g/mol. The third-order valence-electron chi connectivity index (χ3n) is 17.5. The number of esters is 1. The second kappa shape index (κ2) is 38.4. The van der Waals surface area contributed by atoms with E-state index in [1.54, 1.807) is 32.6 Å². The molecule has 9 N–H and O–H groups in total. The third-order valence-corrected chi connectivity index (χ3v) is 17.5. The highest BCUT2D eigenvalue weighted by Crippen LogP contribution is 2.40. The van der Waals surface area contributed by atoms with Crippen molar-refractivity contribution in [3.05, 3.63) is 220 Å². The number of allylic oxidation sites excluding steroid dienone is 1. The van der Waals surface area contributed by atoms with Crippen molar-refractivity contribution < 1.29 is 23.8 Å². The molecule has 598 valence electrons. The molecule has 22 nitrogen and oxygen atoms in total. The SMILES string of the molecule is C/C=C/c1cc(C(C)(C)C)[nH]n1.CC(C)(C)c1cc(-c2ccccc2)n[nH]1.CC(C)(C)c1cc(-c2ccccn2)n[nH]1.CC(C)(C)c1cc(-c2ccco2)n[nH]1.CC(C)(C)c1cc(C2CC2)[nH]n1.CCOC(=O)c1cc(C(C)(C)C)[nH]n1.COc1cc(CO)cc(-c2cc(C(C)(C)C)[nH]n2)c1.Cc1cc(C(C)(C)C)n[nH]1. The van der Waals surface area contributed by atoms with Gasteiger partial charge >= 0.3 is 5.97 Å².